The van der Waals surface area contributed by atoms with Crippen LogP contribution in [0.1, 0.15) is 33.5 Å². The molecular formula is C19H19NO3. The normalized spacial score (nSPS) is 13.6. The Labute approximate surface area is 135 Å². The molecule has 2 N–H and O–H groups in total. The number of nitrogens with one attached hydrogen (secondary N) is 1. The molecule has 0 bridgehead atoms. The van der Waals surface area contributed by atoms with Gasteiger partial charge in [0.25, 0.3) is 0 Å². The maximum atomic E-state index is 12.1. The quantitative estimate of drug-likeness (QED) is 0.892. The summed E-state index contributed by atoms with van der Waals surface area (Å²) in [6.45, 7) is 0. The second kappa shape index (κ2) is 6.65. The van der Waals surface area contributed by atoms with E-state index in [0.29, 0.717) is 18.4 Å². The molecule has 0 saturated heterocycles. The first-order chi connectivity index (χ1) is 11.1. The highest BCUT2D eigenvalue weighted by molar-refractivity contribution is 5.89. The maximum absolute atomic E-state index is 12.1. The van der Waals surface area contributed by atoms with Crippen LogP contribution in [-0.4, -0.2) is 23.0 Å². The predicted octanol–water partition coefficient (Wildman–Crippen LogP) is 2.60. The highest BCUT2D eigenvalue weighted by Gasteiger charge is 2.22. The van der Waals surface area contributed by atoms with Crippen molar-refractivity contribution in [2.75, 3.05) is 0 Å². The van der Waals surface area contributed by atoms with Crippen molar-refractivity contribution < 1.29 is 14.7 Å². The third kappa shape index (κ3) is 3.59. The molecule has 0 fully saturated rings. The van der Waals surface area contributed by atoms with E-state index in [2.05, 4.69) is 17.4 Å². The van der Waals surface area contributed by atoms with Crippen molar-refractivity contribution in [2.45, 2.75) is 31.7 Å². The summed E-state index contributed by atoms with van der Waals surface area (Å²) in [4.78, 5) is 23.3. The van der Waals surface area contributed by atoms with Gasteiger partial charge < -0.3 is 10.4 Å². The van der Waals surface area contributed by atoms with E-state index in [1.54, 1.807) is 24.3 Å². The first kappa shape index (κ1) is 15.3. The number of fused-ring (bicyclic) bond motifs is 1. The van der Waals surface area contributed by atoms with Gasteiger partial charge >= 0.3 is 5.97 Å². The van der Waals surface area contributed by atoms with Gasteiger partial charge in [0.05, 0.1) is 5.56 Å². The summed E-state index contributed by atoms with van der Waals surface area (Å²) >= 11 is 0. The second-order valence-corrected chi connectivity index (χ2v) is 5.90. The van der Waals surface area contributed by atoms with Gasteiger partial charge in [-0.25, -0.2) is 4.79 Å². The van der Waals surface area contributed by atoms with Crippen molar-refractivity contribution in [3.05, 3.63) is 70.8 Å². The van der Waals surface area contributed by atoms with E-state index in [-0.39, 0.29) is 17.5 Å². The molecule has 0 spiro atoms. The third-order valence-corrected chi connectivity index (χ3v) is 4.29. The molecular weight excluding hydrogens is 290 g/mol. The molecule has 1 aliphatic carbocycles. The first-order valence-electron chi connectivity index (χ1n) is 7.81. The molecule has 118 valence electrons. The Hall–Kier alpha value is -2.62. The number of amides is 1. The zero-order valence-electron chi connectivity index (χ0n) is 12.8. The van der Waals surface area contributed by atoms with Crippen LogP contribution in [0.2, 0.25) is 0 Å². The third-order valence-electron chi connectivity index (χ3n) is 4.29. The van der Waals surface area contributed by atoms with E-state index >= 15 is 0 Å². The van der Waals surface area contributed by atoms with Crippen LogP contribution in [0.25, 0.3) is 0 Å². The van der Waals surface area contributed by atoms with Crippen molar-refractivity contribution in [3.63, 3.8) is 0 Å². The summed E-state index contributed by atoms with van der Waals surface area (Å²) in [5, 5.41) is 12.2. The average Bonchev–Trinajstić information content (AvgIpc) is 2.95. The van der Waals surface area contributed by atoms with Crippen LogP contribution in [-0.2, 0) is 24.1 Å². The Bertz CT molecular complexity index is 714. The van der Waals surface area contributed by atoms with Crippen LogP contribution < -0.4 is 5.32 Å². The number of benzene rings is 2. The number of aromatic carboxylic acids is 1. The highest BCUT2D eigenvalue weighted by atomic mass is 16.4. The molecule has 4 nitrogen and oxygen atoms in total. The van der Waals surface area contributed by atoms with Gasteiger partial charge in [-0.15, -0.1) is 0 Å². The summed E-state index contributed by atoms with van der Waals surface area (Å²) in [5.74, 6) is -0.977. The SMILES string of the molecule is O=C(CCc1ccccc1C(=O)O)NC1Cc2ccccc2C1. The predicted molar refractivity (Wildman–Crippen MR) is 87.5 cm³/mol. The molecule has 2 aromatic carbocycles. The maximum Gasteiger partial charge on any atom is 0.335 e. The van der Waals surface area contributed by atoms with E-state index in [1.807, 2.05) is 12.1 Å². The van der Waals surface area contributed by atoms with Crippen molar-refractivity contribution in [1.29, 1.82) is 0 Å². The highest BCUT2D eigenvalue weighted by Crippen LogP contribution is 2.21. The van der Waals surface area contributed by atoms with Crippen LogP contribution in [0, 0.1) is 0 Å². The molecule has 0 saturated carbocycles. The Kier molecular flexibility index (Phi) is 4.42. The molecule has 0 unspecified atom stereocenters. The van der Waals surface area contributed by atoms with E-state index in [4.69, 9.17) is 5.11 Å². The van der Waals surface area contributed by atoms with E-state index in [1.165, 1.54) is 11.1 Å². The van der Waals surface area contributed by atoms with Gasteiger partial charge in [-0.1, -0.05) is 42.5 Å². The lowest BCUT2D eigenvalue weighted by Gasteiger charge is -2.12. The van der Waals surface area contributed by atoms with Crippen LogP contribution in [0.15, 0.2) is 48.5 Å². The number of carbonyl (C=O) groups excluding carboxylic acids is 1. The molecule has 0 aromatic heterocycles. The van der Waals surface area contributed by atoms with Gasteiger partial charge in [-0.3, -0.25) is 4.79 Å². The van der Waals surface area contributed by atoms with Gasteiger partial charge in [0.2, 0.25) is 5.91 Å². The van der Waals surface area contributed by atoms with Gasteiger partial charge in [0.1, 0.15) is 0 Å². The molecule has 4 heteroatoms. The monoisotopic (exact) mass is 309 g/mol. The molecule has 1 aliphatic rings. The number of carboxylic acid groups (broad SMARTS) is 1. The molecule has 0 atom stereocenters. The number of rotatable bonds is 5. The van der Waals surface area contributed by atoms with E-state index in [9.17, 15) is 9.59 Å². The summed E-state index contributed by atoms with van der Waals surface area (Å²) < 4.78 is 0. The lowest BCUT2D eigenvalue weighted by Crippen LogP contribution is -2.35. The number of hydrogen-bond acceptors (Lipinski definition) is 2. The van der Waals surface area contributed by atoms with Gasteiger partial charge in [-0.2, -0.15) is 0 Å². The minimum absolute atomic E-state index is 0.0250. The van der Waals surface area contributed by atoms with Crippen molar-refractivity contribution in [1.82, 2.24) is 5.32 Å². The summed E-state index contributed by atoms with van der Waals surface area (Å²) in [7, 11) is 0. The molecule has 3 rings (SSSR count). The smallest absolute Gasteiger partial charge is 0.335 e. The van der Waals surface area contributed by atoms with Crippen LogP contribution in [0.3, 0.4) is 0 Å². The fraction of sp³-hybridized carbons (Fsp3) is 0.263. The molecule has 23 heavy (non-hydrogen) atoms. The number of carboxylic acids is 1. The lowest BCUT2D eigenvalue weighted by atomic mass is 10.0. The second-order valence-electron chi connectivity index (χ2n) is 5.90. The van der Waals surface area contributed by atoms with Gasteiger partial charge in [0, 0.05) is 12.5 Å². The van der Waals surface area contributed by atoms with E-state index < -0.39 is 5.97 Å². The molecule has 0 radical (unpaired) electrons. The van der Waals surface area contributed by atoms with Crippen molar-refractivity contribution >= 4 is 11.9 Å². The summed E-state index contributed by atoms with van der Waals surface area (Å²) in [6, 6.07) is 15.2. The largest absolute Gasteiger partial charge is 0.478 e. The number of carbonyl (C=O) groups is 2. The van der Waals surface area contributed by atoms with E-state index in [0.717, 1.165) is 12.8 Å². The lowest BCUT2D eigenvalue weighted by molar-refractivity contribution is -0.121. The number of hydrogen-bond donors (Lipinski definition) is 2. The topological polar surface area (TPSA) is 66.4 Å². The van der Waals surface area contributed by atoms with Crippen LogP contribution in [0.4, 0.5) is 0 Å². The standard InChI is InChI=1S/C19H19NO3/c21-18(10-9-13-5-3-4-8-17(13)19(22)23)20-16-11-14-6-1-2-7-15(14)12-16/h1-8,16H,9-12H2,(H,20,21)(H,22,23). The Morgan fingerprint density at radius 1 is 1.00 bits per heavy atom. The molecule has 0 heterocycles. The van der Waals surface area contributed by atoms with Crippen molar-refractivity contribution in [2.24, 2.45) is 0 Å². The summed E-state index contributed by atoms with van der Waals surface area (Å²) in [5.41, 5.74) is 3.57. The minimum atomic E-state index is -0.952. The first-order valence-corrected chi connectivity index (χ1v) is 7.81. The zero-order valence-corrected chi connectivity index (χ0v) is 12.8. The fourth-order valence-electron chi connectivity index (χ4n) is 3.16. The van der Waals surface area contributed by atoms with Crippen molar-refractivity contribution in [3.8, 4) is 0 Å². The van der Waals surface area contributed by atoms with Crippen LogP contribution in [0.5, 0.6) is 0 Å². The minimum Gasteiger partial charge on any atom is -0.478 e. The number of aryl methyl sites for hydroxylation is 1. The summed E-state index contributed by atoms with van der Waals surface area (Å²) in [6.07, 6.45) is 2.48. The Balaban J connectivity index is 1.54. The van der Waals surface area contributed by atoms with Gasteiger partial charge in [0.15, 0.2) is 0 Å². The van der Waals surface area contributed by atoms with Crippen LogP contribution >= 0.6 is 0 Å². The average molecular weight is 309 g/mol. The Morgan fingerprint density at radius 3 is 2.26 bits per heavy atom. The fourth-order valence-corrected chi connectivity index (χ4v) is 3.16. The molecule has 1 amide bonds. The Morgan fingerprint density at radius 2 is 1.61 bits per heavy atom. The van der Waals surface area contributed by atoms with Gasteiger partial charge in [-0.05, 0) is 42.0 Å². The molecule has 2 aromatic rings. The molecule has 0 aliphatic heterocycles. The zero-order chi connectivity index (χ0) is 16.2.